The molecule has 1 aromatic rings. The van der Waals surface area contributed by atoms with Gasteiger partial charge >= 0.3 is 6.55 Å². The van der Waals surface area contributed by atoms with E-state index >= 15 is 0 Å². The second-order valence-electron chi connectivity index (χ2n) is 2.44. The van der Waals surface area contributed by atoms with Gasteiger partial charge in [-0.15, -0.1) is 0 Å². The molecular formula is C7H9F2N3OS. The standard InChI is InChI=1S/C7H9F2N3OS/c8-7(9)12-3-1-5(11-12)6(13)10-2-4-14/h1,3,7,14H,2,4H2,(H,10,13). The Labute approximate surface area is 84.7 Å². The van der Waals surface area contributed by atoms with Crippen molar-refractivity contribution in [2.75, 3.05) is 12.3 Å². The monoisotopic (exact) mass is 221 g/mol. The Hall–Kier alpha value is -1.11. The maximum atomic E-state index is 12.1. The van der Waals surface area contributed by atoms with Gasteiger partial charge in [-0.25, -0.2) is 4.68 Å². The van der Waals surface area contributed by atoms with Crippen molar-refractivity contribution in [2.24, 2.45) is 0 Å². The largest absolute Gasteiger partial charge is 0.350 e. The molecule has 1 N–H and O–H groups in total. The maximum absolute atomic E-state index is 12.1. The number of carbonyl (C=O) groups is 1. The Bertz CT molecular complexity index is 316. The van der Waals surface area contributed by atoms with Crippen molar-refractivity contribution >= 4 is 18.5 Å². The van der Waals surface area contributed by atoms with Crippen molar-refractivity contribution in [2.45, 2.75) is 6.55 Å². The predicted molar refractivity (Wildman–Crippen MR) is 49.7 cm³/mol. The molecule has 4 nitrogen and oxygen atoms in total. The highest BCUT2D eigenvalue weighted by Crippen LogP contribution is 2.08. The normalized spacial score (nSPS) is 10.6. The van der Waals surface area contributed by atoms with E-state index in [1.165, 1.54) is 6.07 Å². The molecule has 0 bridgehead atoms. The van der Waals surface area contributed by atoms with Crippen LogP contribution in [-0.4, -0.2) is 28.0 Å². The number of alkyl halides is 2. The molecule has 0 aliphatic rings. The fourth-order valence-corrected chi connectivity index (χ4v) is 0.940. The lowest BCUT2D eigenvalue weighted by Crippen LogP contribution is -2.25. The van der Waals surface area contributed by atoms with Gasteiger partial charge in [-0.1, -0.05) is 0 Å². The van der Waals surface area contributed by atoms with Crippen LogP contribution in [0.3, 0.4) is 0 Å². The van der Waals surface area contributed by atoms with Crippen LogP contribution in [0.5, 0.6) is 0 Å². The topological polar surface area (TPSA) is 46.9 Å². The van der Waals surface area contributed by atoms with E-state index in [-0.39, 0.29) is 5.69 Å². The number of rotatable bonds is 4. The van der Waals surface area contributed by atoms with Crippen LogP contribution < -0.4 is 5.32 Å². The summed E-state index contributed by atoms with van der Waals surface area (Å²) in [6.45, 7) is -2.34. The zero-order chi connectivity index (χ0) is 10.6. The minimum absolute atomic E-state index is 0.0212. The average Bonchev–Trinajstić information content (AvgIpc) is 2.62. The lowest BCUT2D eigenvalue weighted by Gasteiger charge is -1.99. The molecular weight excluding hydrogens is 212 g/mol. The number of thiol groups is 1. The molecule has 0 saturated carbocycles. The summed E-state index contributed by atoms with van der Waals surface area (Å²) in [5, 5.41) is 5.86. The first kappa shape index (κ1) is 11.0. The van der Waals surface area contributed by atoms with Gasteiger partial charge in [0.05, 0.1) is 0 Å². The van der Waals surface area contributed by atoms with Crippen LogP contribution in [0.15, 0.2) is 12.3 Å². The fraction of sp³-hybridized carbons (Fsp3) is 0.429. The SMILES string of the molecule is O=C(NCCS)c1ccn(C(F)F)n1. The minimum Gasteiger partial charge on any atom is -0.350 e. The molecule has 1 rings (SSSR count). The van der Waals surface area contributed by atoms with Crippen LogP contribution in [0.4, 0.5) is 8.78 Å². The van der Waals surface area contributed by atoms with Crippen LogP contribution in [0.2, 0.25) is 0 Å². The summed E-state index contributed by atoms with van der Waals surface area (Å²) in [7, 11) is 0. The molecule has 0 saturated heterocycles. The van der Waals surface area contributed by atoms with Gasteiger partial charge < -0.3 is 5.32 Å². The third-order valence-corrected chi connectivity index (χ3v) is 1.66. The number of halogens is 2. The summed E-state index contributed by atoms with van der Waals surface area (Å²) in [4.78, 5) is 11.2. The molecule has 0 spiro atoms. The van der Waals surface area contributed by atoms with Gasteiger partial charge in [-0.3, -0.25) is 4.79 Å². The Balaban J connectivity index is 2.62. The first-order valence-electron chi connectivity index (χ1n) is 3.87. The van der Waals surface area contributed by atoms with Gasteiger partial charge in [0.15, 0.2) is 0 Å². The van der Waals surface area contributed by atoms with Crippen LogP contribution in [0, 0.1) is 0 Å². The average molecular weight is 221 g/mol. The number of hydrogen-bond acceptors (Lipinski definition) is 3. The highest BCUT2D eigenvalue weighted by Gasteiger charge is 2.12. The van der Waals surface area contributed by atoms with E-state index in [9.17, 15) is 13.6 Å². The zero-order valence-electron chi connectivity index (χ0n) is 7.15. The summed E-state index contributed by atoms with van der Waals surface area (Å²) in [5.74, 6) is 0.0137. The highest BCUT2D eigenvalue weighted by atomic mass is 32.1. The first-order chi connectivity index (χ1) is 6.65. The number of aromatic nitrogens is 2. The molecule has 0 radical (unpaired) electrons. The molecule has 0 aliphatic heterocycles. The highest BCUT2D eigenvalue weighted by molar-refractivity contribution is 7.80. The second kappa shape index (κ2) is 4.94. The van der Waals surface area contributed by atoms with E-state index in [0.29, 0.717) is 17.0 Å². The van der Waals surface area contributed by atoms with Crippen molar-refractivity contribution < 1.29 is 13.6 Å². The van der Waals surface area contributed by atoms with Gasteiger partial charge in [0.2, 0.25) is 0 Å². The van der Waals surface area contributed by atoms with Gasteiger partial charge in [-0.05, 0) is 6.07 Å². The number of carbonyl (C=O) groups excluding carboxylic acids is 1. The summed E-state index contributed by atoms with van der Waals surface area (Å²) >= 11 is 3.89. The number of hydrogen-bond donors (Lipinski definition) is 2. The van der Waals surface area contributed by atoms with E-state index < -0.39 is 12.5 Å². The minimum atomic E-state index is -2.72. The molecule has 1 amide bonds. The molecule has 78 valence electrons. The van der Waals surface area contributed by atoms with E-state index in [1.54, 1.807) is 0 Å². The fourth-order valence-electron chi connectivity index (χ4n) is 0.828. The molecule has 0 fully saturated rings. The van der Waals surface area contributed by atoms with Gasteiger partial charge in [-0.2, -0.15) is 26.5 Å². The molecule has 0 aromatic carbocycles. The Kier molecular flexibility index (Phi) is 3.87. The summed E-state index contributed by atoms with van der Waals surface area (Å²) < 4.78 is 24.5. The first-order valence-corrected chi connectivity index (χ1v) is 4.50. The van der Waals surface area contributed by atoms with Crippen LogP contribution in [0.25, 0.3) is 0 Å². The van der Waals surface area contributed by atoms with Crippen LogP contribution in [0.1, 0.15) is 17.0 Å². The van der Waals surface area contributed by atoms with Crippen molar-refractivity contribution in [1.82, 2.24) is 15.1 Å². The van der Waals surface area contributed by atoms with E-state index in [0.717, 1.165) is 6.20 Å². The molecule has 0 atom stereocenters. The summed E-state index contributed by atoms with van der Waals surface area (Å²) in [6, 6.07) is 1.24. The van der Waals surface area contributed by atoms with E-state index in [4.69, 9.17) is 0 Å². The van der Waals surface area contributed by atoms with Crippen molar-refractivity contribution in [3.63, 3.8) is 0 Å². The van der Waals surface area contributed by atoms with Gasteiger partial charge in [0, 0.05) is 18.5 Å². The van der Waals surface area contributed by atoms with E-state index in [1.807, 2.05) is 0 Å². The van der Waals surface area contributed by atoms with Crippen LogP contribution in [-0.2, 0) is 0 Å². The van der Waals surface area contributed by atoms with Crippen molar-refractivity contribution in [3.8, 4) is 0 Å². The summed E-state index contributed by atoms with van der Waals surface area (Å²) in [6.07, 6.45) is 1.06. The summed E-state index contributed by atoms with van der Waals surface area (Å²) in [5.41, 5.74) is -0.0212. The van der Waals surface area contributed by atoms with Gasteiger partial charge in [0.1, 0.15) is 5.69 Å². The smallest absolute Gasteiger partial charge is 0.333 e. The van der Waals surface area contributed by atoms with Gasteiger partial charge in [0.25, 0.3) is 5.91 Å². The lowest BCUT2D eigenvalue weighted by atomic mass is 10.4. The van der Waals surface area contributed by atoms with Crippen molar-refractivity contribution in [1.29, 1.82) is 0 Å². The Morgan fingerprint density at radius 2 is 2.43 bits per heavy atom. The predicted octanol–water partition coefficient (Wildman–Crippen LogP) is 0.938. The molecule has 7 heteroatoms. The third kappa shape index (κ3) is 2.69. The van der Waals surface area contributed by atoms with E-state index in [2.05, 4.69) is 23.0 Å². The quantitative estimate of drug-likeness (QED) is 0.743. The van der Waals surface area contributed by atoms with Crippen molar-refractivity contribution in [3.05, 3.63) is 18.0 Å². The third-order valence-electron chi connectivity index (χ3n) is 1.44. The molecule has 14 heavy (non-hydrogen) atoms. The second-order valence-corrected chi connectivity index (χ2v) is 2.89. The zero-order valence-corrected chi connectivity index (χ0v) is 8.05. The molecule has 0 unspecified atom stereocenters. The number of amides is 1. The molecule has 0 aliphatic carbocycles. The Morgan fingerprint density at radius 3 is 2.93 bits per heavy atom. The molecule has 1 aromatic heterocycles. The lowest BCUT2D eigenvalue weighted by molar-refractivity contribution is 0.0560. The number of nitrogens with one attached hydrogen (secondary N) is 1. The Morgan fingerprint density at radius 1 is 1.71 bits per heavy atom. The molecule has 1 heterocycles. The maximum Gasteiger partial charge on any atom is 0.333 e. The number of nitrogens with zero attached hydrogens (tertiary/aromatic N) is 2. The van der Waals surface area contributed by atoms with Crippen LogP contribution >= 0.6 is 12.6 Å².